The van der Waals surface area contributed by atoms with E-state index in [0.717, 1.165) is 5.75 Å². The van der Waals surface area contributed by atoms with Gasteiger partial charge in [0.15, 0.2) is 12.4 Å². The molecule has 144 valence electrons. The molecule has 6 nitrogen and oxygen atoms in total. The van der Waals surface area contributed by atoms with Gasteiger partial charge in [0.2, 0.25) is 0 Å². The number of rotatable bonds is 10. The van der Waals surface area contributed by atoms with E-state index in [0.29, 0.717) is 35.1 Å². The van der Waals surface area contributed by atoms with Crippen LogP contribution in [0.3, 0.4) is 0 Å². The fourth-order valence-corrected chi connectivity index (χ4v) is 2.48. The van der Waals surface area contributed by atoms with E-state index < -0.39 is 5.97 Å². The highest BCUT2D eigenvalue weighted by Crippen LogP contribution is 2.25. The molecule has 7 heteroatoms. The molecule has 2 aromatic rings. The van der Waals surface area contributed by atoms with E-state index in [1.807, 2.05) is 0 Å². The summed E-state index contributed by atoms with van der Waals surface area (Å²) in [5.41, 5.74) is 0.358. The average molecular weight is 393 g/mol. The molecule has 0 spiro atoms. The van der Waals surface area contributed by atoms with Gasteiger partial charge in [0.1, 0.15) is 17.2 Å². The van der Waals surface area contributed by atoms with Crippen molar-refractivity contribution < 1.29 is 28.5 Å². The molecular weight excluding hydrogens is 372 g/mol. The molecule has 0 amide bonds. The van der Waals surface area contributed by atoms with Crippen LogP contribution in [0, 0.1) is 0 Å². The Kier molecular flexibility index (Phi) is 7.95. The van der Waals surface area contributed by atoms with Crippen molar-refractivity contribution >= 4 is 23.4 Å². The summed E-state index contributed by atoms with van der Waals surface area (Å²) in [4.78, 5) is 23.8. The SMILES string of the molecule is COc1ccc(OCCCC(=O)OCC(=O)c2ccc(OC)c(Cl)c2)cc1. The molecule has 2 rings (SSSR count). The molecule has 0 aliphatic carbocycles. The highest BCUT2D eigenvalue weighted by molar-refractivity contribution is 6.32. The van der Waals surface area contributed by atoms with E-state index in [1.54, 1.807) is 43.5 Å². The van der Waals surface area contributed by atoms with Crippen molar-refractivity contribution in [3.63, 3.8) is 0 Å². The number of hydrogen-bond acceptors (Lipinski definition) is 6. The van der Waals surface area contributed by atoms with Gasteiger partial charge in [-0.1, -0.05) is 11.6 Å². The van der Waals surface area contributed by atoms with Crippen molar-refractivity contribution in [2.24, 2.45) is 0 Å². The van der Waals surface area contributed by atoms with Crippen LogP contribution in [0.15, 0.2) is 42.5 Å². The lowest BCUT2D eigenvalue weighted by atomic mass is 10.1. The highest BCUT2D eigenvalue weighted by atomic mass is 35.5. The number of benzene rings is 2. The summed E-state index contributed by atoms with van der Waals surface area (Å²) in [7, 11) is 3.08. The number of esters is 1. The summed E-state index contributed by atoms with van der Waals surface area (Å²) in [6, 6.07) is 11.8. The second kappa shape index (κ2) is 10.4. The van der Waals surface area contributed by atoms with Gasteiger partial charge < -0.3 is 18.9 Å². The maximum atomic E-state index is 12.1. The van der Waals surface area contributed by atoms with Crippen LogP contribution in [0.1, 0.15) is 23.2 Å². The predicted octanol–water partition coefficient (Wildman–Crippen LogP) is 3.94. The Balaban J connectivity index is 1.68. The van der Waals surface area contributed by atoms with Gasteiger partial charge in [-0.3, -0.25) is 9.59 Å². The summed E-state index contributed by atoms with van der Waals surface area (Å²) in [5, 5.41) is 0.324. The first-order valence-electron chi connectivity index (χ1n) is 8.32. The molecule has 2 aromatic carbocycles. The molecule has 27 heavy (non-hydrogen) atoms. The van der Waals surface area contributed by atoms with E-state index in [2.05, 4.69) is 0 Å². The predicted molar refractivity (Wildman–Crippen MR) is 101 cm³/mol. The fraction of sp³-hybridized carbons (Fsp3) is 0.300. The minimum absolute atomic E-state index is 0.160. The first kappa shape index (κ1) is 20.6. The van der Waals surface area contributed by atoms with Gasteiger partial charge in [0.25, 0.3) is 0 Å². The van der Waals surface area contributed by atoms with Gasteiger partial charge in [0, 0.05) is 12.0 Å². The van der Waals surface area contributed by atoms with Crippen molar-refractivity contribution in [1.82, 2.24) is 0 Å². The minimum Gasteiger partial charge on any atom is -0.497 e. The molecule has 0 saturated heterocycles. The Morgan fingerprint density at radius 2 is 1.67 bits per heavy atom. The molecule has 0 N–H and O–H groups in total. The van der Waals surface area contributed by atoms with Crippen LogP contribution >= 0.6 is 11.6 Å². The summed E-state index contributed by atoms with van der Waals surface area (Å²) >= 11 is 5.98. The maximum Gasteiger partial charge on any atom is 0.306 e. The monoisotopic (exact) mass is 392 g/mol. The van der Waals surface area contributed by atoms with Crippen molar-refractivity contribution in [1.29, 1.82) is 0 Å². The zero-order valence-electron chi connectivity index (χ0n) is 15.2. The van der Waals surface area contributed by atoms with E-state index in [1.165, 1.54) is 13.2 Å². The number of carbonyl (C=O) groups is 2. The molecule has 0 atom stereocenters. The summed E-state index contributed by atoms with van der Waals surface area (Å²) in [6.07, 6.45) is 0.639. The Morgan fingerprint density at radius 3 is 2.30 bits per heavy atom. The Labute approximate surface area is 162 Å². The molecule has 0 fully saturated rings. The van der Waals surface area contributed by atoms with Crippen molar-refractivity contribution in [2.75, 3.05) is 27.4 Å². The van der Waals surface area contributed by atoms with Gasteiger partial charge >= 0.3 is 5.97 Å². The number of ether oxygens (including phenoxy) is 4. The fourth-order valence-electron chi connectivity index (χ4n) is 2.22. The van der Waals surface area contributed by atoms with Crippen LogP contribution in [0.25, 0.3) is 0 Å². The van der Waals surface area contributed by atoms with Gasteiger partial charge in [-0.25, -0.2) is 0 Å². The second-order valence-electron chi connectivity index (χ2n) is 5.56. The quantitative estimate of drug-likeness (QED) is 0.346. The first-order chi connectivity index (χ1) is 13.0. The molecule has 0 heterocycles. The van der Waals surface area contributed by atoms with Gasteiger partial charge in [-0.05, 0) is 48.9 Å². The van der Waals surface area contributed by atoms with Crippen LogP contribution in [0.5, 0.6) is 17.2 Å². The third-order valence-corrected chi connectivity index (χ3v) is 3.99. The van der Waals surface area contributed by atoms with Crippen LogP contribution in [0.4, 0.5) is 0 Å². The zero-order chi connectivity index (χ0) is 19.6. The van der Waals surface area contributed by atoms with E-state index in [-0.39, 0.29) is 18.8 Å². The van der Waals surface area contributed by atoms with Crippen LogP contribution < -0.4 is 14.2 Å². The van der Waals surface area contributed by atoms with E-state index in [4.69, 9.17) is 30.5 Å². The number of ketones is 1. The van der Waals surface area contributed by atoms with Crippen LogP contribution in [-0.2, 0) is 9.53 Å². The van der Waals surface area contributed by atoms with Gasteiger partial charge in [-0.15, -0.1) is 0 Å². The molecule has 0 aliphatic rings. The molecule has 0 saturated carbocycles. The largest absolute Gasteiger partial charge is 0.497 e. The second-order valence-corrected chi connectivity index (χ2v) is 5.97. The number of methoxy groups -OCH3 is 2. The normalized spacial score (nSPS) is 10.2. The Hall–Kier alpha value is -2.73. The average Bonchev–Trinajstić information content (AvgIpc) is 2.69. The summed E-state index contributed by atoms with van der Waals surface area (Å²) in [6.45, 7) is 0.0320. The van der Waals surface area contributed by atoms with E-state index in [9.17, 15) is 9.59 Å². The maximum absolute atomic E-state index is 12.1. The topological polar surface area (TPSA) is 71.1 Å². The number of Topliss-reactive ketones (excluding diaryl/α,β-unsaturated/α-hetero) is 1. The van der Waals surface area contributed by atoms with Crippen LogP contribution in [0.2, 0.25) is 5.02 Å². The Morgan fingerprint density at radius 1 is 0.963 bits per heavy atom. The van der Waals surface area contributed by atoms with Gasteiger partial charge in [-0.2, -0.15) is 0 Å². The number of carbonyl (C=O) groups excluding carboxylic acids is 2. The molecule has 0 aromatic heterocycles. The standard InChI is InChI=1S/C20H21ClO6/c1-24-15-6-8-16(9-7-15)26-11-3-4-20(23)27-13-18(22)14-5-10-19(25-2)17(21)12-14/h5-10,12H,3-4,11,13H2,1-2H3. The van der Waals surface area contributed by atoms with Crippen molar-refractivity contribution in [3.05, 3.63) is 53.1 Å². The molecule has 0 unspecified atom stereocenters. The van der Waals surface area contributed by atoms with Gasteiger partial charge in [0.05, 0.1) is 25.8 Å². The number of halogens is 1. The van der Waals surface area contributed by atoms with E-state index >= 15 is 0 Å². The summed E-state index contributed by atoms with van der Waals surface area (Å²) < 4.78 is 20.6. The van der Waals surface area contributed by atoms with Crippen molar-refractivity contribution in [2.45, 2.75) is 12.8 Å². The molecule has 0 radical (unpaired) electrons. The highest BCUT2D eigenvalue weighted by Gasteiger charge is 2.12. The third kappa shape index (κ3) is 6.49. The van der Waals surface area contributed by atoms with Crippen LogP contribution in [-0.4, -0.2) is 39.2 Å². The smallest absolute Gasteiger partial charge is 0.306 e. The third-order valence-electron chi connectivity index (χ3n) is 3.69. The minimum atomic E-state index is -0.457. The van der Waals surface area contributed by atoms with Crippen molar-refractivity contribution in [3.8, 4) is 17.2 Å². The number of hydrogen-bond donors (Lipinski definition) is 0. The lowest BCUT2D eigenvalue weighted by molar-refractivity contribution is -0.142. The Bertz CT molecular complexity index is 773. The first-order valence-corrected chi connectivity index (χ1v) is 8.70. The lowest BCUT2D eigenvalue weighted by Crippen LogP contribution is -2.14. The molecule has 0 bridgehead atoms. The molecule has 0 aliphatic heterocycles. The zero-order valence-corrected chi connectivity index (χ0v) is 16.0. The lowest BCUT2D eigenvalue weighted by Gasteiger charge is -2.08. The summed E-state index contributed by atoms with van der Waals surface area (Å²) in [5.74, 6) is 1.12. The molecular formula is C20H21ClO6.